The van der Waals surface area contributed by atoms with Crippen LogP contribution in [-0.2, 0) is 6.54 Å². The van der Waals surface area contributed by atoms with E-state index >= 15 is 0 Å². The molecule has 7 heteroatoms. The lowest BCUT2D eigenvalue weighted by Gasteiger charge is -2.05. The Morgan fingerprint density at radius 2 is 2.18 bits per heavy atom. The largest absolute Gasteiger partial charge is 0.252 e. The minimum absolute atomic E-state index is 0.0409. The molecule has 1 heterocycles. The number of hydrogen-bond acceptors (Lipinski definition) is 3. The molecule has 0 bridgehead atoms. The van der Waals surface area contributed by atoms with E-state index in [0.717, 1.165) is 6.07 Å². The summed E-state index contributed by atoms with van der Waals surface area (Å²) in [7, 11) is 0. The number of rotatable bonds is 2. The molecule has 0 aliphatic heterocycles. The van der Waals surface area contributed by atoms with Gasteiger partial charge < -0.3 is 0 Å². The van der Waals surface area contributed by atoms with Crippen LogP contribution < -0.4 is 0 Å². The fourth-order valence-electron chi connectivity index (χ4n) is 1.30. The second-order valence-corrected chi connectivity index (χ2v) is 4.05. The predicted octanol–water partition coefficient (Wildman–Crippen LogP) is 2.24. The van der Waals surface area contributed by atoms with Crippen molar-refractivity contribution < 1.29 is 8.78 Å². The number of hydrogen-bond donors (Lipinski definition) is 0. The van der Waals surface area contributed by atoms with Gasteiger partial charge in [0.15, 0.2) is 0 Å². The van der Waals surface area contributed by atoms with E-state index in [4.69, 9.17) is 5.26 Å². The van der Waals surface area contributed by atoms with Crippen LogP contribution in [-0.4, -0.2) is 14.8 Å². The highest BCUT2D eigenvalue weighted by Gasteiger charge is 2.13. The van der Waals surface area contributed by atoms with Gasteiger partial charge in [-0.05, 0) is 28.1 Å². The lowest BCUT2D eigenvalue weighted by atomic mass is 10.2. The number of benzene rings is 1. The third kappa shape index (κ3) is 2.31. The second kappa shape index (κ2) is 4.59. The fourth-order valence-corrected chi connectivity index (χ4v) is 1.67. The smallest absolute Gasteiger partial charge is 0.247 e. The first kappa shape index (κ1) is 11.7. The van der Waals surface area contributed by atoms with Crippen LogP contribution in [0.2, 0.25) is 0 Å². The van der Waals surface area contributed by atoms with Crippen molar-refractivity contribution in [1.82, 2.24) is 14.8 Å². The molecule has 0 saturated carbocycles. The molecule has 0 atom stereocenters. The molecule has 86 valence electrons. The summed E-state index contributed by atoms with van der Waals surface area (Å²) in [6.07, 6.45) is 1.25. The summed E-state index contributed by atoms with van der Waals surface area (Å²) < 4.78 is 28.4. The highest BCUT2D eigenvalue weighted by molar-refractivity contribution is 9.10. The van der Waals surface area contributed by atoms with Gasteiger partial charge in [-0.15, -0.1) is 5.10 Å². The molecule has 4 nitrogen and oxygen atoms in total. The van der Waals surface area contributed by atoms with Gasteiger partial charge in [0.25, 0.3) is 5.82 Å². The normalized spacial score (nSPS) is 10.2. The molecule has 1 aromatic carbocycles. The van der Waals surface area contributed by atoms with Crippen LogP contribution in [0.25, 0.3) is 0 Å². The average molecular weight is 299 g/mol. The zero-order chi connectivity index (χ0) is 12.4. The standard InChI is InChI=1S/C10H5BrF2N4/c11-7-1-2-8(12)6(10(7)13)4-17-5-15-9(3-14)16-17/h1-2,5H,4H2. The highest BCUT2D eigenvalue weighted by Crippen LogP contribution is 2.22. The maximum Gasteiger partial charge on any atom is 0.252 e. The first-order valence-corrected chi connectivity index (χ1v) is 5.33. The lowest BCUT2D eigenvalue weighted by molar-refractivity contribution is 0.528. The van der Waals surface area contributed by atoms with E-state index < -0.39 is 11.6 Å². The van der Waals surface area contributed by atoms with Gasteiger partial charge in [0, 0.05) is 5.56 Å². The minimum atomic E-state index is -0.681. The molecule has 0 saturated heterocycles. The molecule has 0 aliphatic carbocycles. The van der Waals surface area contributed by atoms with Crippen molar-refractivity contribution in [2.24, 2.45) is 0 Å². The van der Waals surface area contributed by atoms with Crippen molar-refractivity contribution in [3.05, 3.63) is 46.0 Å². The van der Waals surface area contributed by atoms with Gasteiger partial charge in [-0.1, -0.05) is 0 Å². The van der Waals surface area contributed by atoms with Gasteiger partial charge >= 0.3 is 0 Å². The summed E-state index contributed by atoms with van der Waals surface area (Å²) >= 11 is 2.97. The molecule has 0 aliphatic rings. The third-order valence-corrected chi connectivity index (χ3v) is 2.71. The van der Waals surface area contributed by atoms with E-state index in [1.54, 1.807) is 6.07 Å². The molecule has 0 unspecified atom stereocenters. The molecule has 0 fully saturated rings. The maximum atomic E-state index is 13.6. The summed E-state index contributed by atoms with van der Waals surface area (Å²) in [4.78, 5) is 3.65. The lowest BCUT2D eigenvalue weighted by Crippen LogP contribution is -2.06. The Kier molecular flexibility index (Phi) is 3.15. The summed E-state index contributed by atoms with van der Waals surface area (Å²) in [5, 5.41) is 12.3. The van der Waals surface area contributed by atoms with Crippen molar-refractivity contribution in [1.29, 1.82) is 5.26 Å². The first-order chi connectivity index (χ1) is 8.11. The maximum absolute atomic E-state index is 13.6. The number of aromatic nitrogens is 3. The summed E-state index contributed by atoms with van der Waals surface area (Å²) in [6, 6.07) is 4.18. The summed E-state index contributed by atoms with van der Waals surface area (Å²) in [5.74, 6) is -1.39. The van der Waals surface area contributed by atoms with E-state index in [-0.39, 0.29) is 22.4 Å². The molecule has 0 spiro atoms. The molecule has 2 aromatic rings. The van der Waals surface area contributed by atoms with Crippen LogP contribution in [0.1, 0.15) is 11.4 Å². The van der Waals surface area contributed by atoms with E-state index in [1.807, 2.05) is 0 Å². The predicted molar refractivity (Wildman–Crippen MR) is 57.9 cm³/mol. The van der Waals surface area contributed by atoms with E-state index in [9.17, 15) is 8.78 Å². The van der Waals surface area contributed by atoms with Crippen LogP contribution >= 0.6 is 15.9 Å². The monoisotopic (exact) mass is 298 g/mol. The van der Waals surface area contributed by atoms with Crippen molar-refractivity contribution >= 4 is 15.9 Å². The molecular weight excluding hydrogens is 294 g/mol. The molecular formula is C10H5BrF2N4. The minimum Gasteiger partial charge on any atom is -0.247 e. The van der Waals surface area contributed by atoms with Gasteiger partial charge in [0.2, 0.25) is 0 Å². The Hall–Kier alpha value is -1.81. The van der Waals surface area contributed by atoms with Gasteiger partial charge in [-0.3, -0.25) is 0 Å². The van der Waals surface area contributed by atoms with Crippen molar-refractivity contribution in [2.45, 2.75) is 6.54 Å². The van der Waals surface area contributed by atoms with Gasteiger partial charge in [-0.25, -0.2) is 18.4 Å². The highest BCUT2D eigenvalue weighted by atomic mass is 79.9. The Labute approximate surface area is 104 Å². The number of nitrogens with zero attached hydrogens (tertiary/aromatic N) is 4. The van der Waals surface area contributed by atoms with Crippen molar-refractivity contribution in [2.75, 3.05) is 0 Å². The van der Waals surface area contributed by atoms with E-state index in [0.29, 0.717) is 0 Å². The average Bonchev–Trinajstić information content (AvgIpc) is 2.77. The summed E-state index contributed by atoms with van der Waals surface area (Å²) in [6.45, 7) is -0.119. The first-order valence-electron chi connectivity index (χ1n) is 4.53. The Morgan fingerprint density at radius 3 is 2.82 bits per heavy atom. The molecule has 0 amide bonds. The molecule has 0 N–H and O–H groups in total. The second-order valence-electron chi connectivity index (χ2n) is 3.20. The van der Waals surface area contributed by atoms with Crippen LogP contribution in [0.3, 0.4) is 0 Å². The van der Waals surface area contributed by atoms with E-state index in [1.165, 1.54) is 17.1 Å². The Bertz CT molecular complexity index is 603. The third-order valence-electron chi connectivity index (χ3n) is 2.10. The van der Waals surface area contributed by atoms with E-state index in [2.05, 4.69) is 26.0 Å². The molecule has 1 aromatic heterocycles. The SMILES string of the molecule is N#Cc1ncn(Cc2c(F)ccc(Br)c2F)n1. The van der Waals surface area contributed by atoms with Gasteiger partial charge in [-0.2, -0.15) is 5.26 Å². The van der Waals surface area contributed by atoms with Crippen LogP contribution in [0.4, 0.5) is 8.78 Å². The van der Waals surface area contributed by atoms with Crippen molar-refractivity contribution in [3.63, 3.8) is 0 Å². The van der Waals surface area contributed by atoms with Crippen molar-refractivity contribution in [3.8, 4) is 6.07 Å². The quantitative estimate of drug-likeness (QED) is 0.799. The van der Waals surface area contributed by atoms with Crippen LogP contribution in [0.15, 0.2) is 22.9 Å². The molecule has 2 rings (SSSR count). The topological polar surface area (TPSA) is 54.5 Å². The summed E-state index contributed by atoms with van der Waals surface area (Å²) in [5.41, 5.74) is -0.131. The zero-order valence-corrected chi connectivity index (χ0v) is 9.95. The Balaban J connectivity index is 2.36. The Morgan fingerprint density at radius 1 is 1.41 bits per heavy atom. The van der Waals surface area contributed by atoms with Gasteiger partial charge in [0.05, 0.1) is 11.0 Å². The molecule has 0 radical (unpaired) electrons. The number of nitriles is 1. The molecule has 17 heavy (non-hydrogen) atoms. The zero-order valence-electron chi connectivity index (χ0n) is 8.36. The van der Waals surface area contributed by atoms with Crippen LogP contribution in [0.5, 0.6) is 0 Å². The fraction of sp³-hybridized carbons (Fsp3) is 0.100. The number of halogens is 3. The van der Waals surface area contributed by atoms with Crippen LogP contribution in [0, 0.1) is 23.0 Å². The van der Waals surface area contributed by atoms with Gasteiger partial charge in [0.1, 0.15) is 24.0 Å².